The fraction of sp³-hybridized carbons (Fsp3) is 0.136. The second-order valence-corrected chi connectivity index (χ2v) is 6.59. The van der Waals surface area contributed by atoms with Gasteiger partial charge in [0, 0.05) is 23.1 Å². The quantitative estimate of drug-likeness (QED) is 0.668. The maximum atomic E-state index is 13.3. The number of hydrogen-bond donors (Lipinski definition) is 2. The molecule has 0 aliphatic heterocycles. The maximum absolute atomic E-state index is 13.3. The van der Waals surface area contributed by atoms with Crippen molar-refractivity contribution in [2.45, 2.75) is 19.8 Å². The lowest BCUT2D eigenvalue weighted by atomic mass is 10.0. The van der Waals surface area contributed by atoms with E-state index in [2.05, 4.69) is 15.6 Å². The smallest absolute Gasteiger partial charge is 0.274 e. The van der Waals surface area contributed by atoms with Crippen molar-refractivity contribution in [3.63, 3.8) is 0 Å². The first-order chi connectivity index (χ1) is 13.4. The van der Waals surface area contributed by atoms with Gasteiger partial charge in [0.1, 0.15) is 11.5 Å². The standard InChI is InChI=1S/C22H20FN3O2/c1-14(2)18-8-3-4-9-19(18)26-21(27)15-10-11-24-20(12-15)22(28)25-17-7-5-6-16(23)13-17/h3-14H,1-2H3,(H,25,28)(H,26,27). The molecule has 1 aromatic heterocycles. The molecule has 0 atom stereocenters. The first kappa shape index (κ1) is 19.2. The van der Waals surface area contributed by atoms with Gasteiger partial charge in [-0.3, -0.25) is 14.6 Å². The zero-order valence-corrected chi connectivity index (χ0v) is 15.6. The number of amides is 2. The summed E-state index contributed by atoms with van der Waals surface area (Å²) in [5.41, 5.74) is 2.43. The van der Waals surface area contributed by atoms with Crippen molar-refractivity contribution in [1.29, 1.82) is 0 Å². The van der Waals surface area contributed by atoms with E-state index in [9.17, 15) is 14.0 Å². The van der Waals surface area contributed by atoms with Crippen LogP contribution in [0.25, 0.3) is 0 Å². The van der Waals surface area contributed by atoms with E-state index in [-0.39, 0.29) is 17.5 Å². The van der Waals surface area contributed by atoms with Crippen molar-refractivity contribution in [3.05, 3.63) is 89.5 Å². The third-order valence-corrected chi connectivity index (χ3v) is 4.17. The fourth-order valence-corrected chi connectivity index (χ4v) is 2.77. The summed E-state index contributed by atoms with van der Waals surface area (Å²) in [6.45, 7) is 4.10. The van der Waals surface area contributed by atoms with Crippen LogP contribution in [-0.4, -0.2) is 16.8 Å². The molecular formula is C22H20FN3O2. The normalized spacial score (nSPS) is 10.6. The summed E-state index contributed by atoms with van der Waals surface area (Å²) < 4.78 is 13.3. The number of halogens is 1. The number of nitrogens with one attached hydrogen (secondary N) is 2. The summed E-state index contributed by atoms with van der Waals surface area (Å²) in [6, 6.07) is 16.1. The molecule has 142 valence electrons. The summed E-state index contributed by atoms with van der Waals surface area (Å²) in [7, 11) is 0. The predicted molar refractivity (Wildman–Crippen MR) is 107 cm³/mol. The van der Waals surface area contributed by atoms with Gasteiger partial charge in [0.15, 0.2) is 0 Å². The van der Waals surface area contributed by atoms with Crippen LogP contribution in [0.4, 0.5) is 15.8 Å². The van der Waals surface area contributed by atoms with Gasteiger partial charge in [-0.15, -0.1) is 0 Å². The summed E-state index contributed by atoms with van der Waals surface area (Å²) >= 11 is 0. The Kier molecular flexibility index (Phi) is 5.79. The predicted octanol–water partition coefficient (Wildman–Crippen LogP) is 4.85. The molecule has 1 heterocycles. The number of pyridine rings is 1. The molecule has 0 fully saturated rings. The Balaban J connectivity index is 1.77. The highest BCUT2D eigenvalue weighted by Crippen LogP contribution is 2.24. The number of carbonyl (C=O) groups excluding carboxylic acids is 2. The van der Waals surface area contributed by atoms with E-state index in [1.54, 1.807) is 6.07 Å². The highest BCUT2D eigenvalue weighted by Gasteiger charge is 2.14. The van der Waals surface area contributed by atoms with Crippen molar-refractivity contribution in [2.75, 3.05) is 10.6 Å². The lowest BCUT2D eigenvalue weighted by Gasteiger charge is -2.13. The van der Waals surface area contributed by atoms with Crippen molar-refractivity contribution < 1.29 is 14.0 Å². The molecule has 5 nitrogen and oxygen atoms in total. The molecule has 0 aliphatic carbocycles. The molecule has 6 heteroatoms. The minimum atomic E-state index is -0.525. The molecule has 0 saturated heterocycles. The molecule has 2 N–H and O–H groups in total. The molecule has 3 rings (SSSR count). The van der Waals surface area contributed by atoms with Gasteiger partial charge in [0.05, 0.1) is 0 Å². The fourth-order valence-electron chi connectivity index (χ4n) is 2.77. The second kappa shape index (κ2) is 8.43. The van der Waals surface area contributed by atoms with Crippen molar-refractivity contribution in [2.24, 2.45) is 0 Å². The molecule has 0 aliphatic rings. The van der Waals surface area contributed by atoms with Gasteiger partial charge in [0.25, 0.3) is 11.8 Å². The highest BCUT2D eigenvalue weighted by atomic mass is 19.1. The average Bonchev–Trinajstić information content (AvgIpc) is 2.68. The maximum Gasteiger partial charge on any atom is 0.274 e. The van der Waals surface area contributed by atoms with Gasteiger partial charge < -0.3 is 10.6 Å². The van der Waals surface area contributed by atoms with Gasteiger partial charge in [0.2, 0.25) is 0 Å². The minimum Gasteiger partial charge on any atom is -0.322 e. The Morgan fingerprint density at radius 3 is 2.46 bits per heavy atom. The third kappa shape index (κ3) is 4.59. The molecule has 0 saturated carbocycles. The molecule has 28 heavy (non-hydrogen) atoms. The number of para-hydroxylation sites is 1. The molecule has 0 unspecified atom stereocenters. The molecular weight excluding hydrogens is 357 g/mol. The van der Waals surface area contributed by atoms with E-state index in [1.165, 1.54) is 36.5 Å². The second-order valence-electron chi connectivity index (χ2n) is 6.59. The Morgan fingerprint density at radius 2 is 1.71 bits per heavy atom. The van der Waals surface area contributed by atoms with Gasteiger partial charge in [-0.05, 0) is 47.9 Å². The molecule has 2 amide bonds. The molecule has 3 aromatic rings. The monoisotopic (exact) mass is 377 g/mol. The molecule has 0 bridgehead atoms. The number of carbonyl (C=O) groups is 2. The topological polar surface area (TPSA) is 71.1 Å². The molecule has 2 aromatic carbocycles. The van der Waals surface area contributed by atoms with Gasteiger partial charge >= 0.3 is 0 Å². The third-order valence-electron chi connectivity index (χ3n) is 4.17. The Labute approximate surface area is 162 Å². The zero-order valence-electron chi connectivity index (χ0n) is 15.6. The van der Waals surface area contributed by atoms with Crippen LogP contribution in [0.2, 0.25) is 0 Å². The number of hydrogen-bond acceptors (Lipinski definition) is 3. The first-order valence-corrected chi connectivity index (χ1v) is 8.87. The number of nitrogens with zero attached hydrogens (tertiary/aromatic N) is 1. The minimum absolute atomic E-state index is 0.0639. The van der Waals surface area contributed by atoms with E-state index in [0.717, 1.165) is 11.3 Å². The van der Waals surface area contributed by atoms with Crippen LogP contribution in [0, 0.1) is 5.82 Å². The number of aromatic nitrogens is 1. The van der Waals surface area contributed by atoms with Crippen LogP contribution in [-0.2, 0) is 0 Å². The van der Waals surface area contributed by atoms with E-state index in [0.29, 0.717) is 11.3 Å². The Hall–Kier alpha value is -3.54. The lowest BCUT2D eigenvalue weighted by Crippen LogP contribution is -2.17. The largest absolute Gasteiger partial charge is 0.322 e. The number of rotatable bonds is 5. The van der Waals surface area contributed by atoms with Crippen molar-refractivity contribution in [1.82, 2.24) is 4.98 Å². The van der Waals surface area contributed by atoms with E-state index in [4.69, 9.17) is 0 Å². The van der Waals surface area contributed by atoms with E-state index >= 15 is 0 Å². The van der Waals surface area contributed by atoms with Crippen molar-refractivity contribution in [3.8, 4) is 0 Å². The number of anilines is 2. The van der Waals surface area contributed by atoms with Crippen LogP contribution in [0.5, 0.6) is 0 Å². The molecule has 0 spiro atoms. The van der Waals surface area contributed by atoms with Crippen LogP contribution in [0.3, 0.4) is 0 Å². The van der Waals surface area contributed by atoms with Crippen LogP contribution < -0.4 is 10.6 Å². The average molecular weight is 377 g/mol. The lowest BCUT2D eigenvalue weighted by molar-refractivity contribution is 0.102. The molecule has 0 radical (unpaired) electrons. The number of benzene rings is 2. The van der Waals surface area contributed by atoms with Crippen molar-refractivity contribution >= 4 is 23.2 Å². The summed E-state index contributed by atoms with van der Waals surface area (Å²) in [5.74, 6) is -1.07. The van der Waals surface area contributed by atoms with E-state index < -0.39 is 11.7 Å². The van der Waals surface area contributed by atoms with Crippen LogP contribution in [0.1, 0.15) is 46.2 Å². The SMILES string of the molecule is CC(C)c1ccccc1NC(=O)c1ccnc(C(=O)Nc2cccc(F)c2)c1. The Bertz CT molecular complexity index is 1020. The van der Waals surface area contributed by atoms with Gasteiger partial charge in [-0.2, -0.15) is 0 Å². The van der Waals surface area contributed by atoms with Crippen LogP contribution in [0.15, 0.2) is 66.9 Å². The summed E-state index contributed by atoms with van der Waals surface area (Å²) in [6.07, 6.45) is 1.39. The van der Waals surface area contributed by atoms with Crippen LogP contribution >= 0.6 is 0 Å². The zero-order chi connectivity index (χ0) is 20.1. The highest BCUT2D eigenvalue weighted by molar-refractivity contribution is 6.08. The Morgan fingerprint density at radius 1 is 0.929 bits per heavy atom. The van der Waals surface area contributed by atoms with E-state index in [1.807, 2.05) is 38.1 Å². The summed E-state index contributed by atoms with van der Waals surface area (Å²) in [4.78, 5) is 29.0. The van der Waals surface area contributed by atoms with Gasteiger partial charge in [-0.25, -0.2) is 4.39 Å². The summed E-state index contributed by atoms with van der Waals surface area (Å²) in [5, 5.41) is 5.45. The first-order valence-electron chi connectivity index (χ1n) is 8.87. The van der Waals surface area contributed by atoms with Gasteiger partial charge in [-0.1, -0.05) is 38.1 Å².